The van der Waals surface area contributed by atoms with Crippen LogP contribution in [0.15, 0.2) is 18.2 Å². The molecule has 0 heterocycles. The highest BCUT2D eigenvalue weighted by molar-refractivity contribution is 6.30. The van der Waals surface area contributed by atoms with Crippen LogP contribution in [-0.4, -0.2) is 6.04 Å². The number of rotatable bonds is 4. The van der Waals surface area contributed by atoms with Gasteiger partial charge in [0.2, 0.25) is 0 Å². The lowest BCUT2D eigenvalue weighted by atomic mass is 9.97. The molecule has 0 fully saturated rings. The first-order chi connectivity index (χ1) is 7.04. The monoisotopic (exact) mass is 230 g/mol. The van der Waals surface area contributed by atoms with Gasteiger partial charge in [-0.25, -0.2) is 4.39 Å². The lowest BCUT2D eigenvalue weighted by Gasteiger charge is -2.19. The van der Waals surface area contributed by atoms with Crippen LogP contribution in [0.4, 0.5) is 4.39 Å². The molecule has 0 bridgehead atoms. The Balaban J connectivity index is 2.75. The molecule has 1 atom stereocenters. The molecule has 3 N–H and O–H groups in total. The average molecular weight is 231 g/mol. The van der Waals surface area contributed by atoms with E-state index in [1.54, 1.807) is 12.1 Å². The Bertz CT molecular complexity index is 328. The van der Waals surface area contributed by atoms with E-state index in [0.717, 1.165) is 12.0 Å². The van der Waals surface area contributed by atoms with Gasteiger partial charge in [-0.15, -0.1) is 0 Å². The van der Waals surface area contributed by atoms with E-state index in [4.69, 9.17) is 17.4 Å². The molecule has 0 aromatic heterocycles. The van der Waals surface area contributed by atoms with Crippen molar-refractivity contribution in [2.45, 2.75) is 26.3 Å². The molecule has 1 rings (SSSR count). The number of hydrogen-bond acceptors (Lipinski definition) is 2. The van der Waals surface area contributed by atoms with E-state index in [0.29, 0.717) is 5.92 Å². The van der Waals surface area contributed by atoms with Gasteiger partial charge >= 0.3 is 0 Å². The number of halogens is 2. The quantitative estimate of drug-likeness (QED) is 0.616. The van der Waals surface area contributed by atoms with Gasteiger partial charge < -0.3 is 0 Å². The van der Waals surface area contributed by atoms with Crippen LogP contribution in [0.3, 0.4) is 0 Å². The van der Waals surface area contributed by atoms with E-state index in [-0.39, 0.29) is 16.9 Å². The summed E-state index contributed by atoms with van der Waals surface area (Å²) in [4.78, 5) is 0. The van der Waals surface area contributed by atoms with Crippen molar-refractivity contribution in [2.24, 2.45) is 11.8 Å². The highest BCUT2D eigenvalue weighted by Crippen LogP contribution is 2.18. The molecule has 0 saturated heterocycles. The van der Waals surface area contributed by atoms with Crippen LogP contribution in [0.25, 0.3) is 0 Å². The van der Waals surface area contributed by atoms with Gasteiger partial charge in [-0.05, 0) is 30.0 Å². The summed E-state index contributed by atoms with van der Waals surface area (Å²) in [6.07, 6.45) is 0.744. The SMILES string of the molecule is CC(C)C(Cc1ccc(F)c(Cl)c1)NN. The van der Waals surface area contributed by atoms with Crippen molar-refractivity contribution in [1.82, 2.24) is 5.43 Å². The summed E-state index contributed by atoms with van der Waals surface area (Å²) in [5.74, 6) is 5.46. The molecule has 1 aromatic carbocycles. The van der Waals surface area contributed by atoms with Gasteiger partial charge in [0, 0.05) is 6.04 Å². The molecular formula is C11H16ClFN2. The zero-order valence-corrected chi connectivity index (χ0v) is 9.68. The molecule has 0 aliphatic heterocycles. The summed E-state index contributed by atoms with van der Waals surface area (Å²) >= 11 is 5.69. The molecule has 1 unspecified atom stereocenters. The van der Waals surface area contributed by atoms with Gasteiger partial charge in [-0.1, -0.05) is 31.5 Å². The van der Waals surface area contributed by atoms with Crippen molar-refractivity contribution in [3.63, 3.8) is 0 Å². The van der Waals surface area contributed by atoms with Crippen LogP contribution in [-0.2, 0) is 6.42 Å². The van der Waals surface area contributed by atoms with E-state index in [2.05, 4.69) is 19.3 Å². The van der Waals surface area contributed by atoms with E-state index in [1.165, 1.54) is 6.07 Å². The second kappa shape index (κ2) is 5.45. The van der Waals surface area contributed by atoms with Crippen molar-refractivity contribution in [3.8, 4) is 0 Å². The van der Waals surface area contributed by atoms with Crippen molar-refractivity contribution in [1.29, 1.82) is 0 Å². The Hall–Kier alpha value is -0.640. The Kier molecular flexibility index (Phi) is 4.51. The maximum atomic E-state index is 12.9. The molecular weight excluding hydrogens is 215 g/mol. The fourth-order valence-corrected chi connectivity index (χ4v) is 1.61. The van der Waals surface area contributed by atoms with E-state index in [9.17, 15) is 4.39 Å². The maximum Gasteiger partial charge on any atom is 0.141 e. The molecule has 0 amide bonds. The number of nitrogens with one attached hydrogen (secondary N) is 1. The van der Waals surface area contributed by atoms with E-state index >= 15 is 0 Å². The van der Waals surface area contributed by atoms with Crippen LogP contribution < -0.4 is 11.3 Å². The van der Waals surface area contributed by atoms with Gasteiger partial charge in [-0.3, -0.25) is 11.3 Å². The summed E-state index contributed by atoms with van der Waals surface area (Å²) in [6, 6.07) is 4.93. The third-order valence-electron chi connectivity index (χ3n) is 2.46. The summed E-state index contributed by atoms with van der Waals surface area (Å²) in [7, 11) is 0. The second-order valence-corrected chi connectivity index (χ2v) is 4.38. The lowest BCUT2D eigenvalue weighted by Crippen LogP contribution is -2.40. The molecule has 0 aliphatic rings. The minimum absolute atomic E-state index is 0.159. The van der Waals surface area contributed by atoms with Gasteiger partial charge in [0.25, 0.3) is 0 Å². The minimum atomic E-state index is -0.387. The highest BCUT2D eigenvalue weighted by atomic mass is 35.5. The molecule has 0 saturated carbocycles. The first-order valence-corrected chi connectivity index (χ1v) is 5.32. The van der Waals surface area contributed by atoms with Crippen molar-refractivity contribution < 1.29 is 4.39 Å². The number of benzene rings is 1. The Labute approximate surface area is 94.6 Å². The molecule has 0 aliphatic carbocycles. The Morgan fingerprint density at radius 3 is 2.60 bits per heavy atom. The van der Waals surface area contributed by atoms with Gasteiger partial charge in [0.05, 0.1) is 5.02 Å². The molecule has 4 heteroatoms. The third kappa shape index (κ3) is 3.45. The van der Waals surface area contributed by atoms with Crippen LogP contribution >= 0.6 is 11.6 Å². The lowest BCUT2D eigenvalue weighted by molar-refractivity contribution is 0.404. The summed E-state index contributed by atoms with van der Waals surface area (Å²) < 4.78 is 12.9. The second-order valence-electron chi connectivity index (χ2n) is 3.97. The standard InChI is InChI=1S/C11H16ClFN2/c1-7(2)11(15-14)6-8-3-4-10(13)9(12)5-8/h3-5,7,11,15H,6,14H2,1-2H3. The molecule has 0 radical (unpaired) electrons. The van der Waals surface area contributed by atoms with E-state index < -0.39 is 0 Å². The Morgan fingerprint density at radius 2 is 2.13 bits per heavy atom. The normalized spacial score (nSPS) is 13.2. The first-order valence-electron chi connectivity index (χ1n) is 4.94. The van der Waals surface area contributed by atoms with Crippen molar-refractivity contribution >= 4 is 11.6 Å². The van der Waals surface area contributed by atoms with Crippen LogP contribution in [0, 0.1) is 11.7 Å². The number of hydrogen-bond donors (Lipinski definition) is 2. The predicted octanol–water partition coefficient (Wildman–Crippen LogP) is 2.51. The molecule has 0 spiro atoms. The molecule has 2 nitrogen and oxygen atoms in total. The summed E-state index contributed by atoms with van der Waals surface area (Å²) in [6.45, 7) is 4.16. The molecule has 15 heavy (non-hydrogen) atoms. The van der Waals surface area contributed by atoms with Crippen LogP contribution in [0.5, 0.6) is 0 Å². The topological polar surface area (TPSA) is 38.0 Å². The minimum Gasteiger partial charge on any atom is -0.271 e. The largest absolute Gasteiger partial charge is 0.271 e. The smallest absolute Gasteiger partial charge is 0.141 e. The highest BCUT2D eigenvalue weighted by Gasteiger charge is 2.12. The number of nitrogens with two attached hydrogens (primary N) is 1. The maximum absolute atomic E-state index is 12.9. The van der Waals surface area contributed by atoms with Gasteiger partial charge in [-0.2, -0.15) is 0 Å². The van der Waals surface area contributed by atoms with Crippen molar-refractivity contribution in [2.75, 3.05) is 0 Å². The first kappa shape index (κ1) is 12.4. The zero-order chi connectivity index (χ0) is 11.4. The van der Waals surface area contributed by atoms with Gasteiger partial charge in [0.1, 0.15) is 5.82 Å². The molecule has 84 valence electrons. The number of hydrazine groups is 1. The molecule has 1 aromatic rings. The summed E-state index contributed by atoms with van der Waals surface area (Å²) in [5, 5.41) is 0.159. The fourth-order valence-electron chi connectivity index (χ4n) is 1.41. The predicted molar refractivity (Wildman–Crippen MR) is 61.1 cm³/mol. The Morgan fingerprint density at radius 1 is 1.47 bits per heavy atom. The van der Waals surface area contributed by atoms with Gasteiger partial charge in [0.15, 0.2) is 0 Å². The third-order valence-corrected chi connectivity index (χ3v) is 2.75. The fraction of sp³-hybridized carbons (Fsp3) is 0.455. The zero-order valence-electron chi connectivity index (χ0n) is 8.93. The van der Waals surface area contributed by atoms with Crippen molar-refractivity contribution in [3.05, 3.63) is 34.6 Å². The van der Waals surface area contributed by atoms with Crippen LogP contribution in [0.1, 0.15) is 19.4 Å². The summed E-state index contributed by atoms with van der Waals surface area (Å²) in [5.41, 5.74) is 3.73. The van der Waals surface area contributed by atoms with E-state index in [1.807, 2.05) is 0 Å². The average Bonchev–Trinajstić information content (AvgIpc) is 2.19. The van der Waals surface area contributed by atoms with Crippen LogP contribution in [0.2, 0.25) is 5.02 Å².